The van der Waals surface area contributed by atoms with Gasteiger partial charge in [-0.25, -0.2) is 0 Å². The number of hydrogen-bond donors (Lipinski definition) is 2. The molecular weight excluding hydrogens is 230 g/mol. The molecule has 0 spiro atoms. The van der Waals surface area contributed by atoms with Crippen molar-refractivity contribution in [1.29, 1.82) is 0 Å². The van der Waals surface area contributed by atoms with Gasteiger partial charge in [0.05, 0.1) is 11.8 Å². The van der Waals surface area contributed by atoms with Gasteiger partial charge in [-0.3, -0.25) is 5.10 Å². The number of rotatable bonds is 6. The number of nitrogens with zero attached hydrogens (tertiary/aromatic N) is 3. The Morgan fingerprint density at radius 1 is 1.44 bits per heavy atom. The molecule has 0 bridgehead atoms. The molecule has 0 amide bonds. The highest BCUT2D eigenvalue weighted by Gasteiger charge is 2.19. The minimum absolute atomic E-state index is 0.548. The molecule has 96 valence electrons. The molecule has 0 saturated heterocycles. The van der Waals surface area contributed by atoms with Gasteiger partial charge in [0.2, 0.25) is 5.89 Å². The van der Waals surface area contributed by atoms with Crippen molar-refractivity contribution in [3.63, 3.8) is 0 Å². The number of H-pyrrole nitrogens is 1. The van der Waals surface area contributed by atoms with Crippen molar-refractivity contribution in [1.82, 2.24) is 25.7 Å². The monoisotopic (exact) mass is 247 g/mol. The summed E-state index contributed by atoms with van der Waals surface area (Å²) in [5.74, 6) is 1.24. The van der Waals surface area contributed by atoms with Gasteiger partial charge in [0.15, 0.2) is 0 Å². The molecule has 2 aromatic heterocycles. The second kappa shape index (κ2) is 4.89. The van der Waals surface area contributed by atoms with Crippen molar-refractivity contribution in [2.75, 3.05) is 6.54 Å². The first-order valence-corrected chi connectivity index (χ1v) is 6.39. The van der Waals surface area contributed by atoms with Crippen LogP contribution >= 0.6 is 0 Å². The SMILES string of the molecule is Cc1[nH]ncc1-c1nnc(CCCNC2CC2)o1. The largest absolute Gasteiger partial charge is 0.421 e. The number of hydrogen-bond acceptors (Lipinski definition) is 5. The van der Waals surface area contributed by atoms with Crippen LogP contribution in [0.1, 0.15) is 30.8 Å². The van der Waals surface area contributed by atoms with Crippen LogP contribution < -0.4 is 5.32 Å². The Morgan fingerprint density at radius 2 is 2.33 bits per heavy atom. The number of aryl methyl sites for hydroxylation is 2. The van der Waals surface area contributed by atoms with Crippen LogP contribution in [0.3, 0.4) is 0 Å². The molecule has 18 heavy (non-hydrogen) atoms. The molecule has 2 N–H and O–H groups in total. The molecule has 1 aliphatic rings. The van der Waals surface area contributed by atoms with Crippen LogP contribution in [0.15, 0.2) is 10.6 Å². The fourth-order valence-electron chi connectivity index (χ4n) is 1.86. The molecule has 1 saturated carbocycles. The molecule has 3 rings (SSSR count). The van der Waals surface area contributed by atoms with Crippen LogP contribution in [0.5, 0.6) is 0 Å². The zero-order chi connectivity index (χ0) is 12.4. The topological polar surface area (TPSA) is 79.6 Å². The summed E-state index contributed by atoms with van der Waals surface area (Å²) in [4.78, 5) is 0. The Bertz CT molecular complexity index is 514. The molecule has 1 fully saturated rings. The van der Waals surface area contributed by atoms with Crippen LogP contribution in [0.2, 0.25) is 0 Å². The number of nitrogens with one attached hydrogen (secondary N) is 2. The average molecular weight is 247 g/mol. The van der Waals surface area contributed by atoms with E-state index in [2.05, 4.69) is 25.7 Å². The van der Waals surface area contributed by atoms with Gasteiger partial charge in [0.1, 0.15) is 0 Å². The minimum atomic E-state index is 0.548. The summed E-state index contributed by atoms with van der Waals surface area (Å²) < 4.78 is 5.62. The summed E-state index contributed by atoms with van der Waals surface area (Å²) in [6.45, 7) is 2.96. The lowest BCUT2D eigenvalue weighted by molar-refractivity contribution is 0.490. The van der Waals surface area contributed by atoms with Gasteiger partial charge in [-0.1, -0.05) is 0 Å². The second-order valence-corrected chi connectivity index (χ2v) is 4.74. The molecule has 1 aliphatic carbocycles. The number of aromatic nitrogens is 4. The first kappa shape index (κ1) is 11.4. The van der Waals surface area contributed by atoms with Gasteiger partial charge in [0, 0.05) is 18.2 Å². The third-order valence-corrected chi connectivity index (χ3v) is 3.10. The van der Waals surface area contributed by atoms with E-state index in [-0.39, 0.29) is 0 Å². The van der Waals surface area contributed by atoms with E-state index in [1.54, 1.807) is 6.20 Å². The molecule has 0 atom stereocenters. The summed E-state index contributed by atoms with van der Waals surface area (Å²) in [7, 11) is 0. The Morgan fingerprint density at radius 3 is 3.06 bits per heavy atom. The van der Waals surface area contributed by atoms with E-state index >= 15 is 0 Å². The molecule has 6 nitrogen and oxygen atoms in total. The maximum Gasteiger partial charge on any atom is 0.251 e. The molecular formula is C12H17N5O. The predicted octanol–water partition coefficient (Wildman–Crippen LogP) is 1.45. The minimum Gasteiger partial charge on any atom is -0.421 e. The van der Waals surface area contributed by atoms with E-state index in [1.165, 1.54) is 12.8 Å². The van der Waals surface area contributed by atoms with Crippen molar-refractivity contribution in [2.24, 2.45) is 0 Å². The standard InChI is InChI=1S/C12H17N5O/c1-8-10(7-14-15-8)12-17-16-11(18-12)3-2-6-13-9-4-5-9/h7,9,13H,2-6H2,1H3,(H,14,15). The van der Waals surface area contributed by atoms with E-state index in [0.29, 0.717) is 11.8 Å². The summed E-state index contributed by atoms with van der Waals surface area (Å²) >= 11 is 0. The van der Waals surface area contributed by atoms with Gasteiger partial charge < -0.3 is 9.73 Å². The Balaban J connectivity index is 1.54. The smallest absolute Gasteiger partial charge is 0.251 e. The third kappa shape index (κ3) is 2.59. The Hall–Kier alpha value is -1.69. The van der Waals surface area contributed by atoms with E-state index in [4.69, 9.17) is 4.42 Å². The quantitative estimate of drug-likeness (QED) is 0.755. The van der Waals surface area contributed by atoms with Gasteiger partial charge in [-0.2, -0.15) is 5.10 Å². The molecule has 0 aromatic carbocycles. The highest BCUT2D eigenvalue weighted by molar-refractivity contribution is 5.53. The highest BCUT2D eigenvalue weighted by atomic mass is 16.4. The molecule has 2 aromatic rings. The van der Waals surface area contributed by atoms with Crippen molar-refractivity contribution in [2.45, 2.75) is 38.6 Å². The van der Waals surface area contributed by atoms with E-state index < -0.39 is 0 Å². The maximum atomic E-state index is 5.62. The van der Waals surface area contributed by atoms with Gasteiger partial charge in [-0.05, 0) is 32.7 Å². The fraction of sp³-hybridized carbons (Fsp3) is 0.583. The van der Waals surface area contributed by atoms with Crippen molar-refractivity contribution >= 4 is 0 Å². The zero-order valence-corrected chi connectivity index (χ0v) is 10.4. The van der Waals surface area contributed by atoms with Crippen LogP contribution in [0, 0.1) is 6.92 Å². The van der Waals surface area contributed by atoms with Crippen LogP contribution in [-0.2, 0) is 6.42 Å². The highest BCUT2D eigenvalue weighted by Crippen LogP contribution is 2.20. The lowest BCUT2D eigenvalue weighted by atomic mass is 10.3. The van der Waals surface area contributed by atoms with Crippen LogP contribution in [0.25, 0.3) is 11.5 Å². The van der Waals surface area contributed by atoms with Gasteiger partial charge in [-0.15, -0.1) is 10.2 Å². The number of aromatic amines is 1. The predicted molar refractivity (Wildman–Crippen MR) is 66.0 cm³/mol. The molecule has 0 radical (unpaired) electrons. The average Bonchev–Trinajstić information content (AvgIpc) is 2.90. The van der Waals surface area contributed by atoms with Gasteiger partial charge >= 0.3 is 0 Å². The van der Waals surface area contributed by atoms with Crippen LogP contribution in [-0.4, -0.2) is 33.0 Å². The summed E-state index contributed by atoms with van der Waals surface area (Å²) in [6, 6.07) is 0.761. The lowest BCUT2D eigenvalue weighted by Gasteiger charge is -1.99. The summed E-state index contributed by atoms with van der Waals surface area (Å²) in [6.07, 6.45) is 6.21. The zero-order valence-electron chi connectivity index (χ0n) is 10.4. The maximum absolute atomic E-state index is 5.62. The van der Waals surface area contributed by atoms with E-state index in [1.807, 2.05) is 6.92 Å². The second-order valence-electron chi connectivity index (χ2n) is 4.74. The Labute approximate surface area is 105 Å². The van der Waals surface area contributed by atoms with E-state index in [9.17, 15) is 0 Å². The van der Waals surface area contributed by atoms with E-state index in [0.717, 1.165) is 36.7 Å². The van der Waals surface area contributed by atoms with Crippen molar-refractivity contribution < 1.29 is 4.42 Å². The van der Waals surface area contributed by atoms with Gasteiger partial charge in [0.25, 0.3) is 5.89 Å². The first-order chi connectivity index (χ1) is 8.83. The molecule has 0 aliphatic heterocycles. The van der Waals surface area contributed by atoms with Crippen molar-refractivity contribution in [3.8, 4) is 11.5 Å². The fourth-order valence-corrected chi connectivity index (χ4v) is 1.86. The first-order valence-electron chi connectivity index (χ1n) is 6.39. The molecule has 0 unspecified atom stereocenters. The molecule has 6 heteroatoms. The molecule has 2 heterocycles. The van der Waals surface area contributed by atoms with Crippen LogP contribution in [0.4, 0.5) is 0 Å². The van der Waals surface area contributed by atoms with Crippen molar-refractivity contribution in [3.05, 3.63) is 17.8 Å². The normalized spacial score (nSPS) is 15.2. The Kier molecular flexibility index (Phi) is 3.10. The summed E-state index contributed by atoms with van der Waals surface area (Å²) in [5.41, 5.74) is 1.82. The summed E-state index contributed by atoms with van der Waals surface area (Å²) in [5, 5.41) is 18.4. The lowest BCUT2D eigenvalue weighted by Crippen LogP contribution is -2.17. The third-order valence-electron chi connectivity index (χ3n) is 3.10.